The van der Waals surface area contributed by atoms with Crippen LogP contribution in [-0.2, 0) is 78.9 Å². The van der Waals surface area contributed by atoms with E-state index in [1.54, 1.807) is 25.1 Å². The molecule has 122 heavy (non-hydrogen) atoms. The fraction of sp³-hybridized carbons (Fsp3) is 0.158. The van der Waals surface area contributed by atoms with E-state index in [4.69, 9.17) is 66.0 Å². The molecule has 0 bridgehead atoms. The van der Waals surface area contributed by atoms with Crippen molar-refractivity contribution in [3.05, 3.63) is 452 Å². The number of aryl methyl sites for hydroxylation is 3. The number of benzene rings is 12. The monoisotopic (exact) mass is 1630 g/mol. The Hall–Kier alpha value is -14.4. The van der Waals surface area contributed by atoms with E-state index in [1.807, 2.05) is 200 Å². The zero-order chi connectivity index (χ0) is 84.3. The van der Waals surface area contributed by atoms with E-state index in [9.17, 15) is 4.79 Å². The van der Waals surface area contributed by atoms with Gasteiger partial charge in [0.25, 0.3) is 0 Å². The van der Waals surface area contributed by atoms with Gasteiger partial charge >= 0.3 is 5.97 Å². The van der Waals surface area contributed by atoms with Gasteiger partial charge in [0.05, 0.1) is 35.7 Å². The van der Waals surface area contributed by atoms with Gasteiger partial charge in [0.15, 0.2) is 0 Å². The number of esters is 1. The number of halogens is 1. The third kappa shape index (κ3) is 26.8. The van der Waals surface area contributed by atoms with Gasteiger partial charge in [-0.3, -0.25) is 0 Å². The van der Waals surface area contributed by atoms with Crippen molar-refractivity contribution in [3.63, 3.8) is 0 Å². The Morgan fingerprint density at radius 2 is 0.598 bits per heavy atom. The minimum absolute atomic E-state index is 0.288. The highest BCUT2D eigenvalue weighted by molar-refractivity contribution is 6.33. The topological polar surface area (TPSA) is 248 Å². The summed E-state index contributed by atoms with van der Waals surface area (Å²) in [6, 6.07) is 109. The van der Waals surface area contributed by atoms with Crippen molar-refractivity contribution in [1.29, 1.82) is 0 Å². The summed E-state index contributed by atoms with van der Waals surface area (Å²) in [6.07, 6.45) is 5.94. The van der Waals surface area contributed by atoms with E-state index < -0.39 is 5.97 Å². The smallest absolute Gasteiger partial charge is 0.340 e. The van der Waals surface area contributed by atoms with Gasteiger partial charge in [-0.15, -0.1) is 0 Å². The molecule has 0 fully saturated rings. The first-order valence-electron chi connectivity index (χ1n) is 40.6. The third-order valence-corrected chi connectivity index (χ3v) is 19.5. The number of hydrogen-bond donors (Lipinski definition) is 4. The molecule has 12 aromatic carbocycles. The zero-order valence-electron chi connectivity index (χ0n) is 68.8. The Balaban J connectivity index is 0.000000141. The number of carbonyl (C=O) groups is 1. The molecule has 0 saturated heterocycles. The number of anilines is 8. The summed E-state index contributed by atoms with van der Waals surface area (Å²) in [5.74, 6) is 7.37. The van der Waals surface area contributed by atoms with Gasteiger partial charge in [-0.1, -0.05) is 315 Å². The number of rotatable bonds is 30. The normalized spacial score (nSPS) is 10.7. The van der Waals surface area contributed by atoms with Crippen LogP contribution in [0.3, 0.4) is 0 Å². The molecule has 4 aromatic heterocycles. The van der Waals surface area contributed by atoms with Crippen molar-refractivity contribution in [3.8, 4) is 0 Å². The lowest BCUT2D eigenvalue weighted by atomic mass is 10.0. The summed E-state index contributed by atoms with van der Waals surface area (Å²) in [5, 5.41) is 13.9. The van der Waals surface area contributed by atoms with Gasteiger partial charge in [0.1, 0.15) is 53.2 Å². The van der Waals surface area contributed by atoms with Crippen LogP contribution < -0.4 is 21.3 Å². The Labute approximate surface area is 717 Å². The quantitative estimate of drug-likeness (QED) is 0.0186. The van der Waals surface area contributed by atoms with E-state index in [0.717, 1.165) is 86.2 Å². The number of ether oxygens (including phenoxy) is 1. The first-order chi connectivity index (χ1) is 59.9. The lowest BCUT2D eigenvalue weighted by Crippen LogP contribution is -2.12. The van der Waals surface area contributed by atoms with E-state index in [-0.39, 0.29) is 6.61 Å². The van der Waals surface area contributed by atoms with Crippen LogP contribution >= 0.6 is 11.6 Å². The standard InChI is InChI=1S/C28H28N4O4.2C25H24N4.C23H19ClN4/c1-3-35-27(33)23-15-9-10-16-24(23)29-28-31-25(17-20-11-5-4-6-12-20)30-26(32-28)18-21-13-7-8-14-22(21)19-36-34-2;1-18-13-14-22(19(2)15-18)26-25-28-23(16-20-9-5-3-6-10-20)27-24(29-25)17-21-11-7-4-8-12-21;1-2-21-15-9-10-16-22(21)26-25-28-23(17-19-11-5-3-6-12-19)27-24(29-25)18-20-13-7-4-8-14-20;24-19-13-7-8-14-20(19)25-23-27-21(15-17-9-3-1-4-10-17)26-22(28-23)16-18-11-5-2-6-12-18/h4-16H,3,17-19H2,1-2H3,(H,29,30,31,32);3-15H,16-17H2,1-2H3,(H,26,27,28,29);3-16H,2,17-18H2,1H3,(H,26,27,28,29);1-14H,15-16H2,(H,25,26,27,28). The fourth-order valence-corrected chi connectivity index (χ4v) is 13.5. The molecule has 0 amide bonds. The molecule has 0 spiro atoms. The summed E-state index contributed by atoms with van der Waals surface area (Å²) in [5.41, 5.74) is 17.6. The number of nitrogens with zero attached hydrogens (tertiary/aromatic N) is 12. The van der Waals surface area contributed by atoms with Crippen molar-refractivity contribution < 1.29 is 19.3 Å². The Morgan fingerprint density at radius 1 is 0.303 bits per heavy atom. The van der Waals surface area contributed by atoms with Crippen LogP contribution in [-0.4, -0.2) is 79.5 Å². The Kier molecular flexibility index (Phi) is 31.5. The first-order valence-corrected chi connectivity index (χ1v) is 40.9. The zero-order valence-corrected chi connectivity index (χ0v) is 69.6. The van der Waals surface area contributed by atoms with Crippen LogP contribution in [0.2, 0.25) is 5.02 Å². The van der Waals surface area contributed by atoms with E-state index in [0.29, 0.717) is 110 Å². The highest BCUT2D eigenvalue weighted by atomic mass is 35.5. The minimum atomic E-state index is -0.411. The molecular formula is C101H95ClN16O4. The van der Waals surface area contributed by atoms with Gasteiger partial charge in [-0.25, -0.2) is 34.5 Å². The van der Waals surface area contributed by atoms with Crippen molar-refractivity contribution in [2.75, 3.05) is 35.0 Å². The Morgan fingerprint density at radius 3 is 0.951 bits per heavy atom. The van der Waals surface area contributed by atoms with Crippen LogP contribution in [0, 0.1) is 13.8 Å². The minimum Gasteiger partial charge on any atom is -0.462 e. The molecule has 0 aliphatic heterocycles. The summed E-state index contributed by atoms with van der Waals surface area (Å²) in [6.45, 7) is 8.71. The molecule has 0 unspecified atom stereocenters. The highest BCUT2D eigenvalue weighted by Crippen LogP contribution is 2.28. The van der Waals surface area contributed by atoms with E-state index >= 15 is 0 Å². The number of para-hydroxylation sites is 3. The lowest BCUT2D eigenvalue weighted by Gasteiger charge is -2.13. The maximum absolute atomic E-state index is 12.5. The summed E-state index contributed by atoms with van der Waals surface area (Å²) in [7, 11) is 1.48. The second kappa shape index (κ2) is 44.9. The molecule has 0 saturated carbocycles. The average Bonchev–Trinajstić information content (AvgIpc) is 0.836. The average molecular weight is 1630 g/mol. The SMILES string of the molecule is CCOC(=O)c1ccccc1Nc1nc(Cc2ccccc2)nc(Cc2ccccc2COOC)n1.CCc1ccccc1Nc1nc(Cc2ccccc2)nc(Cc2ccccc2)n1.Cc1ccc(Nc2nc(Cc3ccccc3)nc(Cc3ccccc3)n2)c(C)c1.Clc1ccccc1Nc1nc(Cc2ccccc2)nc(Cc2ccccc2)n1. The molecule has 4 heterocycles. The largest absolute Gasteiger partial charge is 0.462 e. The van der Waals surface area contributed by atoms with Crippen LogP contribution in [0.5, 0.6) is 0 Å². The molecule has 4 N–H and O–H groups in total. The molecule has 610 valence electrons. The molecule has 0 atom stereocenters. The van der Waals surface area contributed by atoms with Crippen LogP contribution in [0.15, 0.2) is 328 Å². The van der Waals surface area contributed by atoms with Gasteiger partial charge in [-0.2, -0.15) is 39.9 Å². The van der Waals surface area contributed by atoms with E-state index in [2.05, 4.69) is 171 Å². The van der Waals surface area contributed by atoms with E-state index in [1.165, 1.54) is 46.1 Å². The van der Waals surface area contributed by atoms with Crippen LogP contribution in [0.4, 0.5) is 46.5 Å². The molecular weight excluding hydrogens is 1540 g/mol. The van der Waals surface area contributed by atoms with Gasteiger partial charge in [0, 0.05) is 62.7 Å². The van der Waals surface area contributed by atoms with Gasteiger partial charge in [-0.05, 0) is 125 Å². The predicted octanol–water partition coefficient (Wildman–Crippen LogP) is 21.3. The second-order valence-electron chi connectivity index (χ2n) is 28.6. The number of hydrogen-bond acceptors (Lipinski definition) is 20. The van der Waals surface area contributed by atoms with Gasteiger partial charge in [0.2, 0.25) is 23.8 Å². The fourth-order valence-electron chi connectivity index (χ4n) is 13.3. The lowest BCUT2D eigenvalue weighted by molar-refractivity contribution is -0.282. The van der Waals surface area contributed by atoms with Crippen LogP contribution in [0.1, 0.15) is 138 Å². The third-order valence-electron chi connectivity index (χ3n) is 19.2. The molecule has 0 aliphatic rings. The maximum Gasteiger partial charge on any atom is 0.340 e. The van der Waals surface area contributed by atoms with Gasteiger partial charge < -0.3 is 26.0 Å². The molecule has 0 aliphatic carbocycles. The van der Waals surface area contributed by atoms with Crippen molar-refractivity contribution in [2.24, 2.45) is 0 Å². The van der Waals surface area contributed by atoms with Crippen LogP contribution in [0.25, 0.3) is 0 Å². The molecule has 16 rings (SSSR count). The maximum atomic E-state index is 12.5. The van der Waals surface area contributed by atoms with Crippen molar-refractivity contribution in [1.82, 2.24) is 59.8 Å². The number of carbonyl (C=O) groups excluding carboxylic acids is 1. The molecule has 21 heteroatoms. The number of nitrogens with one attached hydrogen (secondary N) is 4. The second-order valence-corrected chi connectivity index (χ2v) is 29.0. The highest BCUT2D eigenvalue weighted by Gasteiger charge is 2.19. The number of aromatic nitrogens is 12. The predicted molar refractivity (Wildman–Crippen MR) is 484 cm³/mol. The van der Waals surface area contributed by atoms with Crippen molar-refractivity contribution in [2.45, 2.75) is 92.1 Å². The first kappa shape index (κ1) is 85.4. The molecule has 0 radical (unpaired) electrons. The molecule has 20 nitrogen and oxygen atoms in total. The summed E-state index contributed by atoms with van der Waals surface area (Å²) < 4.78 is 5.20. The van der Waals surface area contributed by atoms with Crippen molar-refractivity contribution >= 4 is 64.1 Å². The molecule has 16 aromatic rings. The summed E-state index contributed by atoms with van der Waals surface area (Å²) in [4.78, 5) is 78.7. The Bertz CT molecular complexity index is 5800. The summed E-state index contributed by atoms with van der Waals surface area (Å²) >= 11 is 6.28.